The summed E-state index contributed by atoms with van der Waals surface area (Å²) in [7, 11) is 0. The van der Waals surface area contributed by atoms with E-state index in [-0.39, 0.29) is 24.7 Å². The molecule has 0 N–H and O–H groups in total. The Bertz CT molecular complexity index is 642. The van der Waals surface area contributed by atoms with Crippen molar-refractivity contribution in [1.82, 2.24) is 0 Å². The van der Waals surface area contributed by atoms with Crippen molar-refractivity contribution in [2.45, 2.75) is 24.5 Å². The summed E-state index contributed by atoms with van der Waals surface area (Å²) < 4.78 is 52.7. The minimum Gasteiger partial charge on any atom is -0.490 e. The van der Waals surface area contributed by atoms with Gasteiger partial charge in [-0.3, -0.25) is 0 Å². The number of halogens is 4. The Morgan fingerprint density at radius 1 is 1.30 bits per heavy atom. The number of para-hydroxylation sites is 1. The van der Waals surface area contributed by atoms with Gasteiger partial charge < -0.3 is 14.2 Å². The highest BCUT2D eigenvalue weighted by Gasteiger charge is 2.62. The highest BCUT2D eigenvalue weighted by molar-refractivity contribution is 9.10. The molecule has 0 saturated carbocycles. The van der Waals surface area contributed by atoms with Gasteiger partial charge in [-0.05, 0) is 41.9 Å². The molecule has 1 heterocycles. The molecule has 1 aliphatic heterocycles. The van der Waals surface area contributed by atoms with E-state index < -0.39 is 22.2 Å². The third-order valence-electron chi connectivity index (χ3n) is 3.06. The van der Waals surface area contributed by atoms with Crippen LogP contribution in [0.3, 0.4) is 0 Å². The van der Waals surface area contributed by atoms with Crippen molar-refractivity contribution in [3.8, 4) is 11.5 Å². The van der Waals surface area contributed by atoms with E-state index in [9.17, 15) is 18.0 Å². The van der Waals surface area contributed by atoms with Gasteiger partial charge in [-0.15, -0.1) is 0 Å². The predicted octanol–water partition coefficient (Wildman–Crippen LogP) is 4.08. The van der Waals surface area contributed by atoms with E-state index in [1.54, 1.807) is 13.0 Å². The maximum Gasteiger partial charge on any atom is 0.443 e. The first-order chi connectivity index (χ1) is 10.7. The molecule has 2 rings (SSSR count). The van der Waals surface area contributed by atoms with Crippen molar-refractivity contribution in [1.29, 1.82) is 0 Å². The van der Waals surface area contributed by atoms with Gasteiger partial charge >= 0.3 is 12.1 Å². The average molecular weight is 395 g/mol. The maximum absolute atomic E-state index is 13.5. The third kappa shape index (κ3) is 3.17. The second-order valence-electron chi connectivity index (χ2n) is 4.58. The van der Waals surface area contributed by atoms with Crippen molar-refractivity contribution in [3.05, 3.63) is 29.3 Å². The van der Waals surface area contributed by atoms with Crippen molar-refractivity contribution in [2.24, 2.45) is 0 Å². The number of carbonyl (C=O) groups is 1. The Labute approximate surface area is 139 Å². The third-order valence-corrected chi connectivity index (χ3v) is 4.10. The molecular weight excluding hydrogens is 381 g/mol. The number of benzene rings is 1. The molecule has 8 heteroatoms. The van der Waals surface area contributed by atoms with Gasteiger partial charge in [-0.25, -0.2) is 4.79 Å². The molecule has 1 aliphatic rings. The second-order valence-corrected chi connectivity index (χ2v) is 5.70. The molecule has 0 spiro atoms. The van der Waals surface area contributed by atoms with E-state index in [0.29, 0.717) is 5.56 Å². The number of hydrogen-bond acceptors (Lipinski definition) is 4. The van der Waals surface area contributed by atoms with Crippen LogP contribution >= 0.6 is 15.9 Å². The minimum atomic E-state index is -4.89. The van der Waals surface area contributed by atoms with Gasteiger partial charge in [-0.1, -0.05) is 12.1 Å². The second kappa shape index (κ2) is 6.43. The van der Waals surface area contributed by atoms with E-state index in [0.717, 1.165) is 6.08 Å². The number of fused-ring (bicyclic) bond motifs is 1. The lowest BCUT2D eigenvalue weighted by Gasteiger charge is -2.35. The zero-order valence-electron chi connectivity index (χ0n) is 12.4. The highest BCUT2D eigenvalue weighted by Crippen LogP contribution is 2.51. The monoisotopic (exact) mass is 394 g/mol. The highest BCUT2D eigenvalue weighted by atomic mass is 79.9. The van der Waals surface area contributed by atoms with Crippen molar-refractivity contribution in [2.75, 3.05) is 13.2 Å². The van der Waals surface area contributed by atoms with Crippen molar-refractivity contribution < 1.29 is 32.2 Å². The molecule has 0 amide bonds. The number of hydrogen-bond donors (Lipinski definition) is 0. The number of rotatable bonds is 4. The zero-order valence-corrected chi connectivity index (χ0v) is 14.0. The Kier molecular flexibility index (Phi) is 4.93. The van der Waals surface area contributed by atoms with Gasteiger partial charge in [0.2, 0.25) is 0 Å². The van der Waals surface area contributed by atoms with Crippen molar-refractivity contribution in [3.63, 3.8) is 0 Å². The number of alkyl halides is 4. The van der Waals surface area contributed by atoms with Crippen LogP contribution < -0.4 is 9.47 Å². The molecule has 1 aromatic rings. The van der Waals surface area contributed by atoms with Crippen LogP contribution in [0, 0.1) is 0 Å². The van der Waals surface area contributed by atoms with Crippen LogP contribution in [0.1, 0.15) is 19.4 Å². The Morgan fingerprint density at radius 2 is 2.00 bits per heavy atom. The topological polar surface area (TPSA) is 44.8 Å². The lowest BCUT2D eigenvalue weighted by Crippen LogP contribution is -2.50. The van der Waals surface area contributed by atoms with Gasteiger partial charge in [0.1, 0.15) is 5.57 Å². The first-order valence-corrected chi connectivity index (χ1v) is 7.63. The van der Waals surface area contributed by atoms with Gasteiger partial charge in [0.15, 0.2) is 11.5 Å². The van der Waals surface area contributed by atoms with Gasteiger partial charge in [0.05, 0.1) is 13.2 Å². The summed E-state index contributed by atoms with van der Waals surface area (Å²) in [4.78, 5) is 11.9. The number of esters is 1. The molecule has 23 heavy (non-hydrogen) atoms. The van der Waals surface area contributed by atoms with Crippen LogP contribution in [-0.4, -0.2) is 29.9 Å². The Hall–Kier alpha value is -1.70. The van der Waals surface area contributed by atoms with Crippen LogP contribution in [0.5, 0.6) is 11.5 Å². The zero-order chi connectivity index (χ0) is 17.3. The van der Waals surface area contributed by atoms with E-state index in [1.165, 1.54) is 19.1 Å². The quantitative estimate of drug-likeness (QED) is 0.570. The molecule has 4 nitrogen and oxygen atoms in total. The average Bonchev–Trinajstić information content (AvgIpc) is 2.46. The van der Waals surface area contributed by atoms with Gasteiger partial charge in [0, 0.05) is 5.56 Å². The molecule has 0 saturated heterocycles. The molecule has 0 aliphatic carbocycles. The summed E-state index contributed by atoms with van der Waals surface area (Å²) in [6, 6.07) is 4.62. The molecule has 1 unspecified atom stereocenters. The first kappa shape index (κ1) is 17.7. The lowest BCUT2D eigenvalue weighted by atomic mass is 10.0. The summed E-state index contributed by atoms with van der Waals surface area (Å²) in [5.41, 5.74) is -0.369. The molecule has 0 fully saturated rings. The van der Waals surface area contributed by atoms with E-state index >= 15 is 0 Å². The molecule has 0 bridgehead atoms. The molecule has 126 valence electrons. The minimum absolute atomic E-state index is 0.0526. The SMILES string of the molecule is CCOC(=O)C1=Cc2cccc(OCC)c2OC1(Br)C(F)(F)F. The van der Waals surface area contributed by atoms with Crippen molar-refractivity contribution >= 4 is 28.0 Å². The predicted molar refractivity (Wildman–Crippen MR) is 80.6 cm³/mol. The fraction of sp³-hybridized carbons (Fsp3) is 0.400. The first-order valence-electron chi connectivity index (χ1n) is 6.84. The van der Waals surface area contributed by atoms with Crippen LogP contribution in [0.25, 0.3) is 6.08 Å². The number of ether oxygens (including phenoxy) is 3. The fourth-order valence-corrected chi connectivity index (χ4v) is 2.52. The van der Waals surface area contributed by atoms with E-state index in [2.05, 4.69) is 15.9 Å². The Morgan fingerprint density at radius 3 is 2.57 bits per heavy atom. The van der Waals surface area contributed by atoms with Crippen LogP contribution in [0.4, 0.5) is 13.2 Å². The van der Waals surface area contributed by atoms with Crippen LogP contribution in [0.2, 0.25) is 0 Å². The molecule has 0 radical (unpaired) electrons. The summed E-state index contributed by atoms with van der Waals surface area (Å²) in [5, 5.41) is 0. The smallest absolute Gasteiger partial charge is 0.443 e. The maximum atomic E-state index is 13.5. The number of carbonyl (C=O) groups excluding carboxylic acids is 1. The van der Waals surface area contributed by atoms with Gasteiger partial charge in [0.25, 0.3) is 4.51 Å². The van der Waals surface area contributed by atoms with E-state index in [4.69, 9.17) is 14.2 Å². The summed E-state index contributed by atoms with van der Waals surface area (Å²) in [5.74, 6) is -1.03. The summed E-state index contributed by atoms with van der Waals surface area (Å²) >= 11 is 2.54. The molecular formula is C15H14BrF3O4. The van der Waals surface area contributed by atoms with Crippen LogP contribution in [-0.2, 0) is 9.53 Å². The largest absolute Gasteiger partial charge is 0.490 e. The standard InChI is InChI=1S/C15H14BrF3O4/c1-3-21-11-7-5-6-9-8-10(13(20)22-4-2)14(16,15(17,18)19)23-12(9)11/h5-8H,3-4H2,1-2H3. The summed E-state index contributed by atoms with van der Waals surface area (Å²) in [6.07, 6.45) is -3.79. The molecule has 0 aromatic heterocycles. The normalized spacial score (nSPS) is 20.2. The molecule has 1 atom stereocenters. The van der Waals surface area contributed by atoms with E-state index in [1.807, 2.05) is 0 Å². The molecule has 1 aromatic carbocycles. The fourth-order valence-electron chi connectivity index (χ4n) is 2.08. The van der Waals surface area contributed by atoms with Crippen LogP contribution in [0.15, 0.2) is 23.8 Å². The Balaban J connectivity index is 2.61. The van der Waals surface area contributed by atoms with Gasteiger partial charge in [-0.2, -0.15) is 13.2 Å². The lowest BCUT2D eigenvalue weighted by molar-refractivity contribution is -0.198. The summed E-state index contributed by atoms with van der Waals surface area (Å²) in [6.45, 7) is 3.42.